The first-order valence-corrected chi connectivity index (χ1v) is 12.8. The quantitative estimate of drug-likeness (QED) is 0.149. The zero-order chi connectivity index (χ0) is 22.1. The minimum Gasteiger partial charge on any atom is -0.307 e. The highest BCUT2D eigenvalue weighted by atomic mass is 16.1. The van der Waals surface area contributed by atoms with Gasteiger partial charge in [0.25, 0.3) is 0 Å². The van der Waals surface area contributed by atoms with E-state index in [0.717, 1.165) is 24.0 Å². The molecule has 1 amide bonds. The Labute approximate surface area is 187 Å². The van der Waals surface area contributed by atoms with Crippen molar-refractivity contribution >= 4 is 12.1 Å². The molecule has 0 bridgehead atoms. The van der Waals surface area contributed by atoms with Crippen LogP contribution < -0.4 is 5.32 Å². The maximum atomic E-state index is 11.5. The summed E-state index contributed by atoms with van der Waals surface area (Å²) in [7, 11) is 0. The highest BCUT2D eigenvalue weighted by molar-refractivity contribution is 5.73. The fourth-order valence-electron chi connectivity index (χ4n) is 4.88. The average Bonchev–Trinajstić information content (AvgIpc) is 3.14. The molecule has 0 fully saturated rings. The van der Waals surface area contributed by atoms with Crippen molar-refractivity contribution in [3.05, 3.63) is 12.2 Å². The van der Waals surface area contributed by atoms with Crippen LogP contribution in [-0.2, 0) is 4.79 Å². The van der Waals surface area contributed by atoms with E-state index in [9.17, 15) is 4.79 Å². The second kappa shape index (κ2) is 16.5. The molecule has 4 nitrogen and oxygen atoms in total. The fraction of sp³-hybridized carbons (Fsp3) is 0.846. The summed E-state index contributed by atoms with van der Waals surface area (Å²) in [6.07, 6.45) is 25.9. The zero-order valence-electron chi connectivity index (χ0n) is 20.5. The number of nitrogens with zero attached hydrogens (tertiary/aromatic N) is 2. The van der Waals surface area contributed by atoms with Crippen molar-refractivity contribution in [2.24, 2.45) is 4.99 Å². The molecule has 1 N–H and O–H groups in total. The van der Waals surface area contributed by atoms with Crippen LogP contribution in [0.2, 0.25) is 0 Å². The number of amides is 1. The smallest absolute Gasteiger partial charge is 0.221 e. The summed E-state index contributed by atoms with van der Waals surface area (Å²) in [5, 5.41) is 3.11. The number of carbonyl (C=O) groups excluding carboxylic acids is 1. The maximum Gasteiger partial charge on any atom is 0.221 e. The van der Waals surface area contributed by atoms with E-state index in [1.54, 1.807) is 6.92 Å². The van der Waals surface area contributed by atoms with E-state index in [-0.39, 0.29) is 12.1 Å². The summed E-state index contributed by atoms with van der Waals surface area (Å²) in [4.78, 5) is 16.3. The van der Waals surface area contributed by atoms with Crippen molar-refractivity contribution < 1.29 is 9.28 Å². The van der Waals surface area contributed by atoms with Crippen LogP contribution in [0.25, 0.3) is 0 Å². The Morgan fingerprint density at radius 2 is 1.57 bits per heavy atom. The van der Waals surface area contributed by atoms with Gasteiger partial charge in [0.1, 0.15) is 6.54 Å². The van der Waals surface area contributed by atoms with Crippen molar-refractivity contribution in [1.82, 2.24) is 5.32 Å². The van der Waals surface area contributed by atoms with E-state index < -0.39 is 0 Å². The predicted octanol–water partition coefficient (Wildman–Crippen LogP) is 6.75. The summed E-state index contributed by atoms with van der Waals surface area (Å²) >= 11 is 0. The second-order valence-electron chi connectivity index (χ2n) is 9.18. The fourth-order valence-corrected chi connectivity index (χ4v) is 4.88. The molecular formula is C26H50N3O+. The number of unbranched alkanes of at least 4 members (excludes halogenated alkanes) is 12. The number of carbonyl (C=O) groups is 1. The highest BCUT2D eigenvalue weighted by Crippen LogP contribution is 2.27. The summed E-state index contributed by atoms with van der Waals surface area (Å²) < 4.78 is 0.884. The second-order valence-corrected chi connectivity index (χ2v) is 9.18. The third kappa shape index (κ3) is 10.2. The van der Waals surface area contributed by atoms with Gasteiger partial charge in [0.15, 0.2) is 12.3 Å². The number of allylic oxidation sites excluding steroid dienone is 2. The van der Waals surface area contributed by atoms with Gasteiger partial charge in [0.2, 0.25) is 5.91 Å². The lowest BCUT2D eigenvalue weighted by Gasteiger charge is -2.42. The van der Waals surface area contributed by atoms with Crippen molar-refractivity contribution in [3.8, 4) is 0 Å². The number of quaternary nitrogens is 1. The van der Waals surface area contributed by atoms with Crippen LogP contribution in [0.15, 0.2) is 17.1 Å². The summed E-state index contributed by atoms with van der Waals surface area (Å²) in [6, 6.07) is 0. The third-order valence-electron chi connectivity index (χ3n) is 6.88. The van der Waals surface area contributed by atoms with E-state index in [1.807, 2.05) is 0 Å². The highest BCUT2D eigenvalue weighted by Gasteiger charge is 2.42. The number of rotatable bonds is 18. The first-order valence-electron chi connectivity index (χ1n) is 12.8. The SMILES string of the molecule is C/C=C/CCCCCCCCCCCCCCC1N=CC[N+]1(CC)C(C)NC(C)=O. The van der Waals surface area contributed by atoms with Gasteiger partial charge in [-0.3, -0.25) is 9.28 Å². The van der Waals surface area contributed by atoms with Crippen LogP contribution in [0.5, 0.6) is 0 Å². The first kappa shape index (κ1) is 26.9. The molecular weight excluding hydrogens is 370 g/mol. The molecule has 174 valence electrons. The van der Waals surface area contributed by atoms with Gasteiger partial charge in [-0.25, -0.2) is 4.99 Å². The van der Waals surface area contributed by atoms with Crippen LogP contribution in [0.1, 0.15) is 118 Å². The lowest BCUT2D eigenvalue weighted by Crippen LogP contribution is -2.63. The van der Waals surface area contributed by atoms with Crippen molar-refractivity contribution in [2.75, 3.05) is 13.1 Å². The molecule has 30 heavy (non-hydrogen) atoms. The predicted molar refractivity (Wildman–Crippen MR) is 131 cm³/mol. The Morgan fingerprint density at radius 1 is 1.03 bits per heavy atom. The lowest BCUT2D eigenvalue weighted by atomic mass is 10.0. The van der Waals surface area contributed by atoms with E-state index >= 15 is 0 Å². The molecule has 1 heterocycles. The summed E-state index contributed by atoms with van der Waals surface area (Å²) in [5.41, 5.74) is 0. The van der Waals surface area contributed by atoms with E-state index in [4.69, 9.17) is 4.99 Å². The van der Waals surface area contributed by atoms with Gasteiger partial charge in [0, 0.05) is 20.3 Å². The Balaban J connectivity index is 2.03. The Hall–Kier alpha value is -1.16. The van der Waals surface area contributed by atoms with Crippen molar-refractivity contribution in [3.63, 3.8) is 0 Å². The summed E-state index contributed by atoms with van der Waals surface area (Å²) in [5.74, 6) is 0.0588. The monoisotopic (exact) mass is 420 g/mol. The van der Waals surface area contributed by atoms with Gasteiger partial charge in [0.05, 0.1) is 12.8 Å². The lowest BCUT2D eigenvalue weighted by molar-refractivity contribution is -0.959. The minimum absolute atomic E-state index is 0.0588. The van der Waals surface area contributed by atoms with Crippen molar-refractivity contribution in [2.45, 2.75) is 130 Å². The van der Waals surface area contributed by atoms with Crippen LogP contribution in [0.3, 0.4) is 0 Å². The van der Waals surface area contributed by atoms with E-state index in [2.05, 4.69) is 44.5 Å². The van der Waals surface area contributed by atoms with Crippen LogP contribution in [-0.4, -0.2) is 42.0 Å². The van der Waals surface area contributed by atoms with Crippen LogP contribution in [0.4, 0.5) is 0 Å². The standard InChI is InChI=1S/C26H49N3O/c1-5-7-8-9-10-11-12-13-14-15-16-17-18-19-20-21-26-27-22-23-29(26,6-2)24(3)28-25(4)30/h5,7,22,24,26H,6,8-21,23H2,1-4H3/p+1/b7-5+. The molecule has 0 radical (unpaired) electrons. The molecule has 1 aliphatic heterocycles. The molecule has 3 atom stereocenters. The molecule has 1 aliphatic rings. The molecule has 0 aromatic heterocycles. The molecule has 4 heteroatoms. The molecule has 0 aromatic carbocycles. The maximum absolute atomic E-state index is 11.5. The van der Waals surface area contributed by atoms with Crippen LogP contribution >= 0.6 is 0 Å². The number of hydrogen-bond acceptors (Lipinski definition) is 2. The Morgan fingerprint density at radius 3 is 2.07 bits per heavy atom. The molecule has 0 aromatic rings. The van der Waals surface area contributed by atoms with Gasteiger partial charge in [-0.05, 0) is 33.1 Å². The molecule has 0 aliphatic carbocycles. The Bertz CT molecular complexity index is 503. The van der Waals surface area contributed by atoms with E-state index in [1.165, 1.54) is 83.5 Å². The molecule has 0 saturated carbocycles. The number of hydrogen-bond donors (Lipinski definition) is 1. The van der Waals surface area contributed by atoms with Gasteiger partial charge >= 0.3 is 0 Å². The van der Waals surface area contributed by atoms with Crippen LogP contribution in [0, 0.1) is 0 Å². The Kier molecular flexibility index (Phi) is 14.8. The van der Waals surface area contributed by atoms with Gasteiger partial charge < -0.3 is 5.32 Å². The molecule has 1 rings (SSSR count). The largest absolute Gasteiger partial charge is 0.307 e. The molecule has 0 spiro atoms. The summed E-state index contributed by atoms with van der Waals surface area (Å²) in [6.45, 7) is 10.0. The minimum atomic E-state index is 0.0588. The molecule has 0 saturated heterocycles. The average molecular weight is 421 g/mol. The topological polar surface area (TPSA) is 41.5 Å². The van der Waals surface area contributed by atoms with Gasteiger partial charge in [-0.1, -0.05) is 76.4 Å². The zero-order valence-corrected chi connectivity index (χ0v) is 20.5. The molecule has 3 unspecified atom stereocenters. The van der Waals surface area contributed by atoms with Gasteiger partial charge in [-0.15, -0.1) is 0 Å². The number of aliphatic imine (C=N–C) groups is 1. The first-order chi connectivity index (χ1) is 14.6. The third-order valence-corrected chi connectivity index (χ3v) is 6.88. The van der Waals surface area contributed by atoms with E-state index in [0.29, 0.717) is 6.17 Å². The van der Waals surface area contributed by atoms with Crippen molar-refractivity contribution in [1.29, 1.82) is 0 Å². The van der Waals surface area contributed by atoms with Gasteiger partial charge in [-0.2, -0.15) is 0 Å². The number of nitrogens with one attached hydrogen (secondary N) is 1. The normalized spacial score (nSPS) is 22.1.